The molecule has 0 radical (unpaired) electrons. The summed E-state index contributed by atoms with van der Waals surface area (Å²) >= 11 is 0. The number of furan rings is 1. The first-order valence-corrected chi connectivity index (χ1v) is 13.3. The molecule has 1 aliphatic carbocycles. The lowest BCUT2D eigenvalue weighted by molar-refractivity contribution is -0.115. The SMILES string of the molecule is CNC(=O)c1c(-c2ccc(C)cc2)oc2nc(NCC(F)(F)F)c(-c3cnc(OC)c(C(=O)NC4(C#N)CCC4)c3)cc12. The number of halogens is 3. The Morgan fingerprint density at radius 2 is 1.86 bits per heavy atom. The van der Waals surface area contributed by atoms with Crippen LogP contribution >= 0.6 is 0 Å². The van der Waals surface area contributed by atoms with Crippen LogP contribution in [0.3, 0.4) is 0 Å². The number of nitrogens with one attached hydrogen (secondary N) is 3. The van der Waals surface area contributed by atoms with E-state index in [4.69, 9.17) is 9.15 Å². The van der Waals surface area contributed by atoms with Crippen LogP contribution in [-0.4, -0.2) is 54.2 Å². The Hall–Kier alpha value is -5.12. The third-order valence-electron chi connectivity index (χ3n) is 7.28. The van der Waals surface area contributed by atoms with E-state index in [0.29, 0.717) is 18.4 Å². The van der Waals surface area contributed by atoms with Gasteiger partial charge in [0, 0.05) is 29.9 Å². The van der Waals surface area contributed by atoms with Gasteiger partial charge in [-0.2, -0.15) is 23.4 Å². The molecule has 1 saturated carbocycles. The fourth-order valence-corrected chi connectivity index (χ4v) is 4.83. The minimum absolute atomic E-state index is 0.0255. The van der Waals surface area contributed by atoms with Crippen molar-refractivity contribution in [3.63, 3.8) is 0 Å². The first kappa shape index (κ1) is 29.4. The van der Waals surface area contributed by atoms with E-state index in [9.17, 15) is 28.0 Å². The van der Waals surface area contributed by atoms with E-state index in [1.54, 1.807) is 12.1 Å². The predicted molar refractivity (Wildman–Crippen MR) is 152 cm³/mol. The smallest absolute Gasteiger partial charge is 0.405 e. The van der Waals surface area contributed by atoms with E-state index in [0.717, 1.165) is 12.0 Å². The van der Waals surface area contributed by atoms with E-state index in [1.807, 2.05) is 19.1 Å². The summed E-state index contributed by atoms with van der Waals surface area (Å²) in [5.74, 6) is -1.17. The molecule has 1 aromatic carbocycles. The molecule has 0 bridgehead atoms. The average Bonchev–Trinajstić information content (AvgIpc) is 3.34. The lowest BCUT2D eigenvalue weighted by Gasteiger charge is -2.35. The van der Waals surface area contributed by atoms with E-state index in [-0.39, 0.29) is 50.8 Å². The fraction of sp³-hybridized carbons (Fsp3) is 0.300. The van der Waals surface area contributed by atoms with Crippen molar-refractivity contribution in [2.24, 2.45) is 0 Å². The topological polar surface area (TPSA) is 142 Å². The number of nitrogens with zero attached hydrogens (tertiary/aromatic N) is 3. The second kappa shape index (κ2) is 11.3. The molecule has 1 aliphatic rings. The number of rotatable bonds is 8. The van der Waals surface area contributed by atoms with Crippen LogP contribution in [0, 0.1) is 18.3 Å². The Balaban J connectivity index is 1.70. The number of pyridine rings is 2. The van der Waals surface area contributed by atoms with Gasteiger partial charge in [-0.15, -0.1) is 0 Å². The Kier molecular flexibility index (Phi) is 7.71. The summed E-state index contributed by atoms with van der Waals surface area (Å²) in [6.07, 6.45) is -1.49. The maximum absolute atomic E-state index is 13.3. The molecule has 43 heavy (non-hydrogen) atoms. The van der Waals surface area contributed by atoms with Crippen LogP contribution in [0.15, 0.2) is 47.0 Å². The van der Waals surface area contributed by atoms with Gasteiger partial charge < -0.3 is 25.1 Å². The van der Waals surface area contributed by atoms with Gasteiger partial charge in [-0.3, -0.25) is 9.59 Å². The summed E-state index contributed by atoms with van der Waals surface area (Å²) in [6.45, 7) is 0.492. The zero-order valence-electron chi connectivity index (χ0n) is 23.5. The van der Waals surface area contributed by atoms with E-state index in [2.05, 4.69) is 32.0 Å². The molecule has 2 amide bonds. The average molecular weight is 593 g/mol. The normalized spacial score (nSPS) is 14.0. The minimum atomic E-state index is -4.57. The summed E-state index contributed by atoms with van der Waals surface area (Å²) in [5, 5.41) is 17.4. The van der Waals surface area contributed by atoms with E-state index in [1.165, 1.54) is 32.5 Å². The highest BCUT2D eigenvalue weighted by atomic mass is 19.4. The maximum Gasteiger partial charge on any atom is 0.405 e. The van der Waals surface area contributed by atoms with Crippen molar-refractivity contribution in [1.82, 2.24) is 20.6 Å². The molecule has 5 rings (SSSR count). The molecule has 0 saturated heterocycles. The standard InChI is InChI=1S/C30H27F3N6O4/c1-16-5-7-17(8-6-16)23-22(26(41)35-2)20-12-19(24(38-28(20)43-23)37-15-30(31,32)33)18-11-21(27(42-3)36-13-18)25(40)39-29(14-34)9-4-10-29/h5-8,11-13H,4,9-10,15H2,1-3H3,(H,35,41)(H,37,38)(H,39,40). The van der Waals surface area contributed by atoms with Gasteiger partial charge in [0.25, 0.3) is 11.8 Å². The fourth-order valence-electron chi connectivity index (χ4n) is 4.83. The number of carbonyl (C=O) groups excluding carboxylic acids is 2. The predicted octanol–water partition coefficient (Wildman–Crippen LogP) is 5.38. The Morgan fingerprint density at radius 1 is 1.14 bits per heavy atom. The number of methoxy groups -OCH3 is 1. The number of hydrogen-bond acceptors (Lipinski definition) is 8. The molecule has 0 aliphatic heterocycles. The van der Waals surface area contributed by atoms with Crippen molar-refractivity contribution in [2.75, 3.05) is 26.0 Å². The van der Waals surface area contributed by atoms with Gasteiger partial charge >= 0.3 is 6.18 Å². The van der Waals surface area contributed by atoms with Crippen LogP contribution in [0.5, 0.6) is 5.88 Å². The number of alkyl halides is 3. The molecule has 3 N–H and O–H groups in total. The van der Waals surface area contributed by atoms with Crippen LogP contribution < -0.4 is 20.7 Å². The number of carbonyl (C=O) groups is 2. The molecule has 222 valence electrons. The molecule has 3 aromatic heterocycles. The number of benzene rings is 1. The van der Waals surface area contributed by atoms with Gasteiger partial charge in [-0.05, 0) is 38.3 Å². The van der Waals surface area contributed by atoms with Gasteiger partial charge in [0.1, 0.15) is 29.2 Å². The summed E-state index contributed by atoms with van der Waals surface area (Å²) in [6, 6.07) is 12.2. The number of nitriles is 1. The first-order valence-electron chi connectivity index (χ1n) is 13.3. The van der Waals surface area contributed by atoms with E-state index < -0.39 is 30.1 Å². The third kappa shape index (κ3) is 5.81. The number of hydrogen-bond donors (Lipinski definition) is 3. The number of aryl methyl sites for hydroxylation is 1. The van der Waals surface area contributed by atoms with Crippen molar-refractivity contribution < 1.29 is 31.9 Å². The quantitative estimate of drug-likeness (QED) is 0.248. The van der Waals surface area contributed by atoms with E-state index >= 15 is 0 Å². The molecule has 10 nitrogen and oxygen atoms in total. The van der Waals surface area contributed by atoms with Gasteiger partial charge in [0.15, 0.2) is 0 Å². The van der Waals surface area contributed by atoms with Crippen molar-refractivity contribution in [3.8, 4) is 34.4 Å². The van der Waals surface area contributed by atoms with Crippen molar-refractivity contribution in [3.05, 3.63) is 59.3 Å². The summed E-state index contributed by atoms with van der Waals surface area (Å²) in [5.41, 5.74) is 0.921. The molecule has 13 heteroatoms. The third-order valence-corrected chi connectivity index (χ3v) is 7.28. The minimum Gasteiger partial charge on any atom is -0.480 e. The second-order valence-electron chi connectivity index (χ2n) is 10.2. The van der Waals surface area contributed by atoms with Crippen LogP contribution in [0.25, 0.3) is 33.6 Å². The van der Waals surface area contributed by atoms with Crippen molar-refractivity contribution in [1.29, 1.82) is 5.26 Å². The molecular weight excluding hydrogens is 565 g/mol. The maximum atomic E-state index is 13.3. The lowest BCUT2D eigenvalue weighted by atomic mass is 9.78. The second-order valence-corrected chi connectivity index (χ2v) is 10.2. The monoisotopic (exact) mass is 592 g/mol. The molecular formula is C30H27F3N6O4. The Bertz CT molecular complexity index is 1760. The summed E-state index contributed by atoms with van der Waals surface area (Å²) in [7, 11) is 2.77. The number of amides is 2. The largest absolute Gasteiger partial charge is 0.480 e. The molecule has 0 unspecified atom stereocenters. The zero-order valence-corrected chi connectivity index (χ0v) is 23.5. The first-order chi connectivity index (χ1) is 20.5. The Morgan fingerprint density at radius 3 is 2.44 bits per heavy atom. The highest BCUT2D eigenvalue weighted by Crippen LogP contribution is 2.39. The molecule has 4 aromatic rings. The summed E-state index contributed by atoms with van der Waals surface area (Å²) in [4.78, 5) is 34.9. The van der Waals surface area contributed by atoms with Gasteiger partial charge in [0.2, 0.25) is 11.6 Å². The number of ether oxygens (including phenoxy) is 1. The van der Waals surface area contributed by atoms with Crippen LogP contribution in [0.2, 0.25) is 0 Å². The van der Waals surface area contributed by atoms with Gasteiger partial charge in [0.05, 0.1) is 24.1 Å². The number of fused-ring (bicyclic) bond motifs is 1. The molecule has 0 spiro atoms. The molecule has 1 fully saturated rings. The molecule has 3 heterocycles. The van der Waals surface area contributed by atoms with Crippen LogP contribution in [0.4, 0.5) is 19.0 Å². The zero-order chi connectivity index (χ0) is 30.9. The van der Waals surface area contributed by atoms with Crippen molar-refractivity contribution >= 4 is 28.7 Å². The highest BCUT2D eigenvalue weighted by Gasteiger charge is 2.39. The van der Waals surface area contributed by atoms with Crippen LogP contribution in [-0.2, 0) is 0 Å². The lowest BCUT2D eigenvalue weighted by Crippen LogP contribution is -2.52. The summed E-state index contributed by atoms with van der Waals surface area (Å²) < 4.78 is 51.1. The van der Waals surface area contributed by atoms with Crippen molar-refractivity contribution in [2.45, 2.75) is 37.9 Å². The number of aromatic nitrogens is 2. The van der Waals surface area contributed by atoms with Gasteiger partial charge in [-0.25, -0.2) is 4.98 Å². The highest BCUT2D eigenvalue weighted by molar-refractivity contribution is 6.11. The van der Waals surface area contributed by atoms with Crippen LogP contribution in [0.1, 0.15) is 45.5 Å². The molecule has 0 atom stereocenters. The Labute approximate surface area is 244 Å². The number of anilines is 1. The van der Waals surface area contributed by atoms with Gasteiger partial charge in [-0.1, -0.05) is 29.8 Å².